The lowest BCUT2D eigenvalue weighted by Gasteiger charge is -2.04. The first kappa shape index (κ1) is 8.33. The van der Waals surface area contributed by atoms with Gasteiger partial charge in [0.2, 0.25) is 0 Å². The van der Waals surface area contributed by atoms with E-state index in [1.807, 2.05) is 0 Å². The Morgan fingerprint density at radius 3 is 3.00 bits per heavy atom. The molecule has 0 spiro atoms. The molecule has 1 unspecified atom stereocenters. The molecule has 0 aromatic carbocycles. The van der Waals surface area contributed by atoms with Gasteiger partial charge in [0, 0.05) is 0 Å². The summed E-state index contributed by atoms with van der Waals surface area (Å²) < 4.78 is 4.68. The van der Waals surface area contributed by atoms with Crippen LogP contribution in [0.15, 0.2) is 11.5 Å². The highest BCUT2D eigenvalue weighted by Gasteiger charge is 2.29. The van der Waals surface area contributed by atoms with Gasteiger partial charge in [-0.05, 0) is 18.4 Å². The van der Waals surface area contributed by atoms with Crippen molar-refractivity contribution in [3.63, 3.8) is 0 Å². The first-order chi connectivity index (χ1) is 5.25. The van der Waals surface area contributed by atoms with E-state index in [0.29, 0.717) is 6.61 Å². The molecule has 1 heterocycles. The number of hydrogen-bond acceptors (Lipinski definition) is 4. The number of ketones is 1. The van der Waals surface area contributed by atoms with E-state index in [4.69, 9.17) is 0 Å². The van der Waals surface area contributed by atoms with E-state index in [2.05, 4.69) is 4.74 Å². The van der Waals surface area contributed by atoms with E-state index in [1.165, 1.54) is 17.8 Å². The summed E-state index contributed by atoms with van der Waals surface area (Å²) in [7, 11) is 0. The van der Waals surface area contributed by atoms with Gasteiger partial charge in [-0.2, -0.15) is 0 Å². The summed E-state index contributed by atoms with van der Waals surface area (Å²) >= 11 is 1.19. The quantitative estimate of drug-likeness (QED) is 0.455. The van der Waals surface area contributed by atoms with Gasteiger partial charge in [-0.15, -0.1) is 11.8 Å². The monoisotopic (exact) mass is 172 g/mol. The third-order valence-corrected chi connectivity index (χ3v) is 2.20. The minimum Gasteiger partial charge on any atom is -0.465 e. The standard InChI is InChI=1S/C7H8O3S/c1-2-10-7(9)6-5(8)3-4-11-6/h3-4,6H,2H2,1H3. The zero-order valence-electron chi connectivity index (χ0n) is 6.07. The van der Waals surface area contributed by atoms with Crippen molar-refractivity contribution in [1.29, 1.82) is 0 Å². The molecule has 0 aromatic heterocycles. The Morgan fingerprint density at radius 2 is 2.55 bits per heavy atom. The number of carbonyl (C=O) groups excluding carboxylic acids is 2. The van der Waals surface area contributed by atoms with Gasteiger partial charge in [-0.25, -0.2) is 0 Å². The van der Waals surface area contributed by atoms with Gasteiger partial charge in [0.25, 0.3) is 0 Å². The van der Waals surface area contributed by atoms with Crippen LogP contribution in [0.1, 0.15) is 6.92 Å². The van der Waals surface area contributed by atoms with Crippen molar-refractivity contribution in [3.05, 3.63) is 11.5 Å². The molecule has 0 fully saturated rings. The molecule has 1 aliphatic heterocycles. The van der Waals surface area contributed by atoms with Gasteiger partial charge < -0.3 is 4.74 Å². The van der Waals surface area contributed by atoms with Crippen molar-refractivity contribution in [1.82, 2.24) is 0 Å². The molecule has 0 aliphatic carbocycles. The second kappa shape index (κ2) is 3.57. The molecule has 1 atom stereocenters. The maximum atomic E-state index is 11.0. The summed E-state index contributed by atoms with van der Waals surface area (Å²) in [6.07, 6.45) is 1.40. The summed E-state index contributed by atoms with van der Waals surface area (Å²) in [5, 5.41) is 0.971. The predicted octanol–water partition coefficient (Wildman–Crippen LogP) is 0.748. The van der Waals surface area contributed by atoms with Crippen molar-refractivity contribution < 1.29 is 14.3 Å². The molecule has 0 saturated heterocycles. The lowest BCUT2D eigenvalue weighted by Crippen LogP contribution is -2.24. The van der Waals surface area contributed by atoms with Gasteiger partial charge in [-0.3, -0.25) is 9.59 Å². The predicted molar refractivity (Wildman–Crippen MR) is 42.2 cm³/mol. The van der Waals surface area contributed by atoms with Crippen LogP contribution in [0, 0.1) is 0 Å². The lowest BCUT2D eigenvalue weighted by atomic mass is 10.3. The van der Waals surface area contributed by atoms with Crippen LogP contribution in [-0.2, 0) is 14.3 Å². The molecular weight excluding hydrogens is 164 g/mol. The molecule has 60 valence electrons. The van der Waals surface area contributed by atoms with Gasteiger partial charge in [0.1, 0.15) is 0 Å². The Hall–Kier alpha value is -0.770. The smallest absolute Gasteiger partial charge is 0.327 e. The average Bonchev–Trinajstić information content (AvgIpc) is 2.36. The minimum atomic E-state index is -0.644. The molecule has 3 nitrogen and oxygen atoms in total. The van der Waals surface area contributed by atoms with Gasteiger partial charge >= 0.3 is 5.97 Å². The maximum absolute atomic E-state index is 11.0. The van der Waals surface area contributed by atoms with Crippen LogP contribution in [0.4, 0.5) is 0 Å². The van der Waals surface area contributed by atoms with Crippen LogP contribution in [0.5, 0.6) is 0 Å². The molecule has 11 heavy (non-hydrogen) atoms. The number of rotatable bonds is 2. The van der Waals surface area contributed by atoms with E-state index in [9.17, 15) is 9.59 Å². The van der Waals surface area contributed by atoms with Crippen molar-refractivity contribution in [2.45, 2.75) is 12.2 Å². The van der Waals surface area contributed by atoms with E-state index in [1.54, 1.807) is 12.3 Å². The van der Waals surface area contributed by atoms with Crippen LogP contribution >= 0.6 is 11.8 Å². The molecule has 0 amide bonds. The van der Waals surface area contributed by atoms with E-state index < -0.39 is 11.2 Å². The molecule has 0 N–H and O–H groups in total. The number of thioether (sulfide) groups is 1. The van der Waals surface area contributed by atoms with Crippen LogP contribution < -0.4 is 0 Å². The highest BCUT2D eigenvalue weighted by atomic mass is 32.2. The average molecular weight is 172 g/mol. The SMILES string of the molecule is CCOC(=O)C1SC=CC1=O. The van der Waals surface area contributed by atoms with E-state index in [-0.39, 0.29) is 5.78 Å². The van der Waals surface area contributed by atoms with Crippen molar-refractivity contribution in [3.8, 4) is 0 Å². The molecule has 0 saturated carbocycles. The van der Waals surface area contributed by atoms with Gasteiger partial charge in [0.05, 0.1) is 6.61 Å². The number of ether oxygens (including phenoxy) is 1. The fourth-order valence-corrected chi connectivity index (χ4v) is 1.49. The minimum absolute atomic E-state index is 0.173. The summed E-state index contributed by atoms with van der Waals surface area (Å²) in [4.78, 5) is 21.8. The molecule has 0 aromatic rings. The molecule has 1 aliphatic rings. The zero-order chi connectivity index (χ0) is 8.27. The third kappa shape index (κ3) is 1.83. The first-order valence-electron chi connectivity index (χ1n) is 3.28. The van der Waals surface area contributed by atoms with Crippen molar-refractivity contribution in [2.24, 2.45) is 0 Å². The molecule has 0 bridgehead atoms. The van der Waals surface area contributed by atoms with E-state index >= 15 is 0 Å². The summed E-state index contributed by atoms with van der Waals surface area (Å²) in [6, 6.07) is 0. The molecule has 4 heteroatoms. The van der Waals surface area contributed by atoms with E-state index in [0.717, 1.165) is 0 Å². The first-order valence-corrected chi connectivity index (χ1v) is 4.22. The highest BCUT2D eigenvalue weighted by Crippen LogP contribution is 2.21. The summed E-state index contributed by atoms with van der Waals surface area (Å²) in [5.74, 6) is -0.610. The molecule has 0 radical (unpaired) electrons. The lowest BCUT2D eigenvalue weighted by molar-refractivity contribution is -0.143. The fraction of sp³-hybridized carbons (Fsp3) is 0.429. The summed E-state index contributed by atoms with van der Waals surface area (Å²) in [5.41, 5.74) is 0. The normalized spacial score (nSPS) is 22.3. The number of hydrogen-bond donors (Lipinski definition) is 0. The molecule has 1 rings (SSSR count). The van der Waals surface area contributed by atoms with Crippen LogP contribution in [0.25, 0.3) is 0 Å². The van der Waals surface area contributed by atoms with Crippen LogP contribution in [0.2, 0.25) is 0 Å². The van der Waals surface area contributed by atoms with Crippen molar-refractivity contribution >= 4 is 23.5 Å². The summed E-state index contributed by atoms with van der Waals surface area (Å²) in [6.45, 7) is 2.04. The Bertz CT molecular complexity index is 210. The van der Waals surface area contributed by atoms with Crippen LogP contribution in [0.3, 0.4) is 0 Å². The number of carbonyl (C=O) groups is 2. The Balaban J connectivity index is 2.49. The Kier molecular flexibility index (Phi) is 2.70. The van der Waals surface area contributed by atoms with Gasteiger partial charge in [0.15, 0.2) is 11.0 Å². The second-order valence-electron chi connectivity index (χ2n) is 1.97. The maximum Gasteiger partial charge on any atom is 0.327 e. The van der Waals surface area contributed by atoms with Crippen LogP contribution in [-0.4, -0.2) is 23.6 Å². The largest absolute Gasteiger partial charge is 0.465 e. The highest BCUT2D eigenvalue weighted by molar-refractivity contribution is 8.04. The fourth-order valence-electron chi connectivity index (χ4n) is 0.729. The number of esters is 1. The van der Waals surface area contributed by atoms with Gasteiger partial charge in [-0.1, -0.05) is 0 Å². The van der Waals surface area contributed by atoms with Crippen molar-refractivity contribution in [2.75, 3.05) is 6.61 Å². The third-order valence-electron chi connectivity index (χ3n) is 1.21. The second-order valence-corrected chi connectivity index (χ2v) is 2.99. The zero-order valence-corrected chi connectivity index (χ0v) is 6.89. The Morgan fingerprint density at radius 1 is 1.82 bits per heavy atom. The molecular formula is C7H8O3S. The Labute approximate surface area is 68.8 Å². The topological polar surface area (TPSA) is 43.4 Å². The number of allylic oxidation sites excluding steroid dienone is 1.